The monoisotopic (exact) mass is 241 g/mol. The van der Waals surface area contributed by atoms with E-state index in [4.69, 9.17) is 5.11 Å². The van der Waals surface area contributed by atoms with Crippen LogP contribution in [-0.4, -0.2) is 28.2 Å². The standard InChI is InChI=1S/C8H7N3O2S2/c1-11(8(12)13)5-3-2-4-6(10-5)15-7(14)9-4/h2-3H,1H3,(H,9,14)(H,12,13). The average Bonchev–Trinajstić information content (AvgIpc) is 2.55. The van der Waals surface area contributed by atoms with E-state index in [0.717, 1.165) is 10.4 Å². The van der Waals surface area contributed by atoms with Crippen molar-refractivity contribution in [1.82, 2.24) is 9.97 Å². The van der Waals surface area contributed by atoms with Gasteiger partial charge in [0.05, 0.1) is 0 Å². The summed E-state index contributed by atoms with van der Waals surface area (Å²) < 4.78 is 0.618. The van der Waals surface area contributed by atoms with E-state index in [1.165, 1.54) is 18.4 Å². The lowest BCUT2D eigenvalue weighted by molar-refractivity contribution is 0.203. The van der Waals surface area contributed by atoms with Crippen molar-refractivity contribution in [3.05, 3.63) is 12.1 Å². The number of carboxylic acid groups (broad SMARTS) is 1. The summed E-state index contributed by atoms with van der Waals surface area (Å²) in [7, 11) is 1.44. The van der Waals surface area contributed by atoms with Crippen LogP contribution in [0.1, 0.15) is 0 Å². The molecule has 0 saturated heterocycles. The van der Waals surface area contributed by atoms with Crippen LogP contribution in [-0.2, 0) is 0 Å². The van der Waals surface area contributed by atoms with E-state index in [9.17, 15) is 4.79 Å². The van der Waals surface area contributed by atoms with Crippen LogP contribution >= 0.6 is 24.0 Å². The Labute approximate surface area is 94.8 Å². The van der Waals surface area contributed by atoms with Crippen LogP contribution in [0.5, 0.6) is 0 Å². The molecule has 2 aromatic rings. The molecule has 1 N–H and O–H groups in total. The van der Waals surface area contributed by atoms with Gasteiger partial charge in [0, 0.05) is 7.05 Å². The van der Waals surface area contributed by atoms with Crippen LogP contribution < -0.4 is 4.90 Å². The summed E-state index contributed by atoms with van der Waals surface area (Å²) >= 11 is 5.42. The number of aromatic nitrogens is 2. The quantitative estimate of drug-likeness (QED) is 0.750. The Bertz CT molecular complexity index is 526. The van der Waals surface area contributed by atoms with E-state index in [2.05, 4.69) is 22.6 Å². The Kier molecular flexibility index (Phi) is 2.49. The van der Waals surface area contributed by atoms with Crippen molar-refractivity contribution in [2.45, 2.75) is 4.34 Å². The maximum Gasteiger partial charge on any atom is 0.412 e. The summed E-state index contributed by atoms with van der Waals surface area (Å²) in [5, 5.41) is 8.77. The van der Waals surface area contributed by atoms with Crippen LogP contribution in [0, 0.1) is 0 Å². The highest BCUT2D eigenvalue weighted by molar-refractivity contribution is 7.82. The molecule has 7 heteroatoms. The third-order valence-electron chi connectivity index (χ3n) is 1.86. The second kappa shape index (κ2) is 3.67. The zero-order chi connectivity index (χ0) is 11.0. The number of hydrogen-bond donors (Lipinski definition) is 2. The van der Waals surface area contributed by atoms with Gasteiger partial charge < -0.3 is 5.11 Å². The van der Waals surface area contributed by atoms with Gasteiger partial charge in [-0.05, 0) is 12.1 Å². The molecule has 78 valence electrons. The molecule has 2 aromatic heterocycles. The fraction of sp³-hybridized carbons (Fsp3) is 0.125. The topological polar surface area (TPSA) is 66.3 Å². The first kappa shape index (κ1) is 10.2. The molecule has 0 spiro atoms. The number of fused-ring (bicyclic) bond motifs is 1. The Morgan fingerprint density at radius 3 is 2.93 bits per heavy atom. The van der Waals surface area contributed by atoms with E-state index >= 15 is 0 Å². The number of nitrogens with zero attached hydrogens (tertiary/aromatic N) is 3. The fourth-order valence-electron chi connectivity index (χ4n) is 1.08. The Morgan fingerprint density at radius 2 is 2.27 bits per heavy atom. The second-order valence-corrected chi connectivity index (χ2v) is 4.54. The van der Waals surface area contributed by atoms with Gasteiger partial charge in [0.25, 0.3) is 0 Å². The molecule has 0 aromatic carbocycles. The van der Waals surface area contributed by atoms with E-state index in [1.807, 2.05) is 0 Å². The number of thiol groups is 1. The number of rotatable bonds is 1. The summed E-state index contributed by atoms with van der Waals surface area (Å²) in [4.78, 5) is 20.7. The molecule has 0 atom stereocenters. The zero-order valence-corrected chi connectivity index (χ0v) is 9.42. The molecular weight excluding hydrogens is 234 g/mol. The van der Waals surface area contributed by atoms with Gasteiger partial charge in [-0.25, -0.2) is 14.8 Å². The smallest absolute Gasteiger partial charge is 0.412 e. The number of anilines is 1. The number of hydrogen-bond acceptors (Lipinski definition) is 5. The van der Waals surface area contributed by atoms with E-state index in [0.29, 0.717) is 15.0 Å². The van der Waals surface area contributed by atoms with Crippen LogP contribution in [0.4, 0.5) is 10.6 Å². The first-order chi connectivity index (χ1) is 7.08. The highest BCUT2D eigenvalue weighted by atomic mass is 32.2. The fourth-order valence-corrected chi connectivity index (χ4v) is 2.12. The molecule has 0 aliphatic heterocycles. The number of carbonyl (C=O) groups is 1. The molecule has 15 heavy (non-hydrogen) atoms. The molecular formula is C8H7N3O2S2. The van der Waals surface area contributed by atoms with Gasteiger partial charge in [-0.15, -0.1) is 12.6 Å². The third-order valence-corrected chi connectivity index (χ3v) is 3.00. The number of thiazole rings is 1. The van der Waals surface area contributed by atoms with Crippen LogP contribution in [0.15, 0.2) is 16.5 Å². The first-order valence-electron chi connectivity index (χ1n) is 4.01. The van der Waals surface area contributed by atoms with E-state index < -0.39 is 6.09 Å². The molecule has 2 heterocycles. The molecule has 0 aliphatic rings. The molecule has 0 radical (unpaired) electrons. The maximum atomic E-state index is 10.7. The normalized spacial score (nSPS) is 10.5. The Morgan fingerprint density at radius 1 is 1.53 bits per heavy atom. The van der Waals surface area contributed by atoms with Gasteiger partial charge in [-0.2, -0.15) is 0 Å². The first-order valence-corrected chi connectivity index (χ1v) is 5.27. The molecule has 0 bridgehead atoms. The lowest BCUT2D eigenvalue weighted by Gasteiger charge is -2.10. The maximum absolute atomic E-state index is 10.7. The highest BCUT2D eigenvalue weighted by Crippen LogP contribution is 2.24. The van der Waals surface area contributed by atoms with Gasteiger partial charge in [0.1, 0.15) is 20.5 Å². The summed E-state index contributed by atoms with van der Waals surface area (Å²) in [6.45, 7) is 0. The molecule has 0 fully saturated rings. The van der Waals surface area contributed by atoms with Crippen molar-refractivity contribution in [1.29, 1.82) is 0 Å². The molecule has 0 aliphatic carbocycles. The molecule has 5 nitrogen and oxygen atoms in total. The molecule has 0 saturated carbocycles. The lowest BCUT2D eigenvalue weighted by Crippen LogP contribution is -2.24. The third kappa shape index (κ3) is 1.88. The molecule has 2 rings (SSSR count). The number of amides is 1. The van der Waals surface area contributed by atoms with Gasteiger partial charge >= 0.3 is 6.09 Å². The van der Waals surface area contributed by atoms with Crippen LogP contribution in [0.3, 0.4) is 0 Å². The zero-order valence-electron chi connectivity index (χ0n) is 7.71. The minimum atomic E-state index is -1.04. The highest BCUT2D eigenvalue weighted by Gasteiger charge is 2.11. The number of pyridine rings is 1. The minimum Gasteiger partial charge on any atom is -0.465 e. The SMILES string of the molecule is CN(C(=O)O)c1ccc2nc(S)sc2n1. The summed E-state index contributed by atoms with van der Waals surface area (Å²) in [5.74, 6) is 0.381. The average molecular weight is 241 g/mol. The predicted molar refractivity (Wildman–Crippen MR) is 61.1 cm³/mol. The van der Waals surface area contributed by atoms with Crippen molar-refractivity contribution in [3.63, 3.8) is 0 Å². The van der Waals surface area contributed by atoms with Crippen molar-refractivity contribution >= 4 is 46.2 Å². The van der Waals surface area contributed by atoms with Gasteiger partial charge in [0.15, 0.2) is 0 Å². The largest absolute Gasteiger partial charge is 0.465 e. The Balaban J connectivity index is 2.50. The lowest BCUT2D eigenvalue weighted by atomic mass is 10.4. The van der Waals surface area contributed by atoms with Crippen molar-refractivity contribution < 1.29 is 9.90 Å². The Hall–Kier alpha value is -1.34. The van der Waals surface area contributed by atoms with E-state index in [1.54, 1.807) is 12.1 Å². The molecule has 0 unspecified atom stereocenters. The second-order valence-electron chi connectivity index (χ2n) is 2.83. The van der Waals surface area contributed by atoms with Crippen molar-refractivity contribution in [3.8, 4) is 0 Å². The van der Waals surface area contributed by atoms with Crippen molar-refractivity contribution in [2.24, 2.45) is 0 Å². The summed E-state index contributed by atoms with van der Waals surface area (Å²) in [6.07, 6.45) is -1.04. The van der Waals surface area contributed by atoms with Gasteiger partial charge in [-0.1, -0.05) is 11.3 Å². The van der Waals surface area contributed by atoms with E-state index in [-0.39, 0.29) is 0 Å². The van der Waals surface area contributed by atoms with Crippen molar-refractivity contribution in [2.75, 3.05) is 11.9 Å². The summed E-state index contributed by atoms with van der Waals surface area (Å²) in [5.41, 5.74) is 0.729. The molecule has 1 amide bonds. The van der Waals surface area contributed by atoms with Crippen LogP contribution in [0.25, 0.3) is 10.3 Å². The van der Waals surface area contributed by atoms with Crippen LogP contribution in [0.2, 0.25) is 0 Å². The summed E-state index contributed by atoms with van der Waals surface area (Å²) in [6, 6.07) is 3.34. The minimum absolute atomic E-state index is 0.381. The predicted octanol–water partition coefficient (Wildman–Crippen LogP) is 2.09. The van der Waals surface area contributed by atoms with Gasteiger partial charge in [-0.3, -0.25) is 4.90 Å². The van der Waals surface area contributed by atoms with Gasteiger partial charge in [0.2, 0.25) is 0 Å².